The molecule has 0 saturated heterocycles. The van der Waals surface area contributed by atoms with Gasteiger partial charge in [0.25, 0.3) is 0 Å². The summed E-state index contributed by atoms with van der Waals surface area (Å²) in [5, 5.41) is 3.69. The minimum absolute atomic E-state index is 0.287. The molecular weight excluding hydrogens is 246 g/mol. The molecule has 1 N–H and O–H groups in total. The summed E-state index contributed by atoms with van der Waals surface area (Å²) in [5.74, 6) is 0.906. The van der Waals surface area contributed by atoms with Gasteiger partial charge in [0.2, 0.25) is 0 Å². The number of rotatable bonds is 6. The van der Waals surface area contributed by atoms with Crippen molar-refractivity contribution in [3.05, 3.63) is 65.7 Å². The van der Waals surface area contributed by atoms with E-state index in [1.807, 2.05) is 12.1 Å². The summed E-state index contributed by atoms with van der Waals surface area (Å²) in [5.41, 5.74) is 2.59. The molecule has 2 atom stereocenters. The second kappa shape index (κ2) is 7.11. The van der Waals surface area contributed by atoms with Crippen molar-refractivity contribution in [3.8, 4) is 5.75 Å². The van der Waals surface area contributed by atoms with Crippen LogP contribution in [0.3, 0.4) is 0 Å². The summed E-state index contributed by atoms with van der Waals surface area (Å²) in [6.45, 7) is 4.41. The smallest absolute Gasteiger partial charge is 0.119 e. The molecular formula is C18H23NO. The summed E-state index contributed by atoms with van der Waals surface area (Å²) >= 11 is 0. The van der Waals surface area contributed by atoms with Crippen LogP contribution in [0.4, 0.5) is 0 Å². The molecule has 0 bridgehead atoms. The van der Waals surface area contributed by atoms with Crippen molar-refractivity contribution in [2.75, 3.05) is 7.11 Å². The van der Waals surface area contributed by atoms with E-state index in [1.54, 1.807) is 7.11 Å². The van der Waals surface area contributed by atoms with Crippen LogP contribution in [0.15, 0.2) is 54.6 Å². The van der Waals surface area contributed by atoms with E-state index in [1.165, 1.54) is 11.1 Å². The molecule has 0 aliphatic carbocycles. The van der Waals surface area contributed by atoms with E-state index >= 15 is 0 Å². The van der Waals surface area contributed by atoms with Gasteiger partial charge in [-0.3, -0.25) is 0 Å². The Morgan fingerprint density at radius 3 is 2.35 bits per heavy atom. The molecule has 2 nitrogen and oxygen atoms in total. The van der Waals surface area contributed by atoms with Gasteiger partial charge in [0.1, 0.15) is 5.75 Å². The highest BCUT2D eigenvalue weighted by Gasteiger charge is 2.13. The number of methoxy groups -OCH3 is 1. The van der Waals surface area contributed by atoms with Gasteiger partial charge in [-0.1, -0.05) is 49.4 Å². The van der Waals surface area contributed by atoms with Gasteiger partial charge < -0.3 is 10.1 Å². The van der Waals surface area contributed by atoms with Crippen LogP contribution in [0.5, 0.6) is 5.75 Å². The lowest BCUT2D eigenvalue weighted by Gasteiger charge is -2.23. The van der Waals surface area contributed by atoms with Crippen molar-refractivity contribution in [2.24, 2.45) is 0 Å². The highest BCUT2D eigenvalue weighted by atomic mass is 16.5. The number of benzene rings is 2. The average molecular weight is 269 g/mol. The Balaban J connectivity index is 2.11. The Morgan fingerprint density at radius 2 is 1.70 bits per heavy atom. The summed E-state index contributed by atoms with van der Waals surface area (Å²) in [7, 11) is 1.70. The summed E-state index contributed by atoms with van der Waals surface area (Å²) in [4.78, 5) is 0. The summed E-state index contributed by atoms with van der Waals surface area (Å²) in [6.07, 6.45) is 1.07. The van der Waals surface area contributed by atoms with Gasteiger partial charge in [-0.05, 0) is 36.6 Å². The number of ether oxygens (including phenoxy) is 1. The van der Waals surface area contributed by atoms with E-state index < -0.39 is 0 Å². The maximum atomic E-state index is 5.29. The van der Waals surface area contributed by atoms with Gasteiger partial charge in [-0.15, -0.1) is 0 Å². The Labute approximate surface area is 121 Å². The Bertz CT molecular complexity index is 524. The Kier molecular flexibility index (Phi) is 5.19. The molecule has 0 aromatic heterocycles. The van der Waals surface area contributed by atoms with Gasteiger partial charge in [0, 0.05) is 12.1 Å². The van der Waals surface area contributed by atoms with Crippen LogP contribution in [0, 0.1) is 0 Å². The molecule has 106 valence electrons. The fourth-order valence-electron chi connectivity index (χ4n) is 2.44. The van der Waals surface area contributed by atoms with Crippen molar-refractivity contribution in [1.82, 2.24) is 5.32 Å². The van der Waals surface area contributed by atoms with E-state index in [4.69, 9.17) is 4.74 Å². The van der Waals surface area contributed by atoms with Gasteiger partial charge in [0.05, 0.1) is 7.11 Å². The summed E-state index contributed by atoms with van der Waals surface area (Å²) < 4.78 is 5.29. The lowest BCUT2D eigenvalue weighted by atomic mass is 10.0. The Hall–Kier alpha value is -1.80. The average Bonchev–Trinajstić information content (AvgIpc) is 2.53. The highest BCUT2D eigenvalue weighted by Crippen LogP contribution is 2.24. The SMILES string of the molecule is CCC(NC(C)c1cccc(OC)c1)c1ccccc1. The quantitative estimate of drug-likeness (QED) is 0.834. The molecule has 0 aliphatic rings. The standard InChI is InChI=1S/C18H23NO/c1-4-18(15-9-6-5-7-10-15)19-14(2)16-11-8-12-17(13-16)20-3/h5-14,18-19H,4H2,1-3H3. The van der Waals surface area contributed by atoms with Crippen LogP contribution in [-0.4, -0.2) is 7.11 Å². The molecule has 2 aromatic rings. The first-order valence-corrected chi connectivity index (χ1v) is 7.19. The maximum Gasteiger partial charge on any atom is 0.119 e. The van der Waals surface area contributed by atoms with Crippen LogP contribution < -0.4 is 10.1 Å². The van der Waals surface area contributed by atoms with Gasteiger partial charge in [-0.25, -0.2) is 0 Å². The largest absolute Gasteiger partial charge is 0.497 e. The molecule has 0 aliphatic heterocycles. The second-order valence-corrected chi connectivity index (χ2v) is 5.04. The predicted molar refractivity (Wildman–Crippen MR) is 84.0 cm³/mol. The minimum Gasteiger partial charge on any atom is -0.497 e. The van der Waals surface area contributed by atoms with Gasteiger partial charge in [0.15, 0.2) is 0 Å². The minimum atomic E-state index is 0.287. The van der Waals surface area contributed by atoms with Gasteiger partial charge >= 0.3 is 0 Å². The molecule has 0 amide bonds. The van der Waals surface area contributed by atoms with Crippen molar-refractivity contribution >= 4 is 0 Å². The number of nitrogens with one attached hydrogen (secondary N) is 1. The van der Waals surface area contributed by atoms with Crippen LogP contribution >= 0.6 is 0 Å². The molecule has 2 aromatic carbocycles. The number of hydrogen-bond donors (Lipinski definition) is 1. The summed E-state index contributed by atoms with van der Waals surface area (Å²) in [6, 6.07) is 19.5. The maximum absolute atomic E-state index is 5.29. The molecule has 0 spiro atoms. The fourth-order valence-corrected chi connectivity index (χ4v) is 2.44. The second-order valence-electron chi connectivity index (χ2n) is 5.04. The lowest BCUT2D eigenvalue weighted by Crippen LogP contribution is -2.24. The van der Waals surface area contributed by atoms with Crippen LogP contribution in [0.1, 0.15) is 43.5 Å². The van der Waals surface area contributed by atoms with Crippen LogP contribution in [-0.2, 0) is 0 Å². The van der Waals surface area contributed by atoms with Crippen molar-refractivity contribution in [2.45, 2.75) is 32.4 Å². The zero-order valence-corrected chi connectivity index (χ0v) is 12.5. The highest BCUT2D eigenvalue weighted by molar-refractivity contribution is 5.30. The van der Waals surface area contributed by atoms with E-state index in [9.17, 15) is 0 Å². The van der Waals surface area contributed by atoms with Crippen molar-refractivity contribution in [1.29, 1.82) is 0 Å². The zero-order valence-electron chi connectivity index (χ0n) is 12.5. The molecule has 2 unspecified atom stereocenters. The third-order valence-electron chi connectivity index (χ3n) is 3.66. The zero-order chi connectivity index (χ0) is 14.4. The Morgan fingerprint density at radius 1 is 1.00 bits per heavy atom. The normalized spacial score (nSPS) is 13.8. The first-order valence-electron chi connectivity index (χ1n) is 7.19. The van der Waals surface area contributed by atoms with Crippen LogP contribution in [0.25, 0.3) is 0 Å². The molecule has 0 fully saturated rings. The topological polar surface area (TPSA) is 21.3 Å². The van der Waals surface area contributed by atoms with Gasteiger partial charge in [-0.2, -0.15) is 0 Å². The van der Waals surface area contributed by atoms with E-state index in [2.05, 4.69) is 61.6 Å². The van der Waals surface area contributed by atoms with E-state index in [0.717, 1.165) is 12.2 Å². The monoisotopic (exact) mass is 269 g/mol. The molecule has 2 heteroatoms. The van der Waals surface area contributed by atoms with E-state index in [0.29, 0.717) is 6.04 Å². The first-order chi connectivity index (χ1) is 9.74. The van der Waals surface area contributed by atoms with Crippen LogP contribution in [0.2, 0.25) is 0 Å². The van der Waals surface area contributed by atoms with Crippen molar-refractivity contribution < 1.29 is 4.74 Å². The molecule has 0 heterocycles. The fraction of sp³-hybridized carbons (Fsp3) is 0.333. The predicted octanol–water partition coefficient (Wildman–Crippen LogP) is 4.50. The van der Waals surface area contributed by atoms with Crippen molar-refractivity contribution in [3.63, 3.8) is 0 Å². The molecule has 0 radical (unpaired) electrons. The molecule has 2 rings (SSSR count). The third-order valence-corrected chi connectivity index (χ3v) is 3.66. The lowest BCUT2D eigenvalue weighted by molar-refractivity contribution is 0.411. The first kappa shape index (κ1) is 14.6. The number of hydrogen-bond acceptors (Lipinski definition) is 2. The van der Waals surface area contributed by atoms with E-state index in [-0.39, 0.29) is 6.04 Å². The molecule has 0 saturated carbocycles. The third kappa shape index (κ3) is 3.61. The molecule has 20 heavy (non-hydrogen) atoms.